The summed E-state index contributed by atoms with van der Waals surface area (Å²) in [7, 11) is -0.997. The van der Waals surface area contributed by atoms with Crippen LogP contribution in [0.2, 0.25) is 0 Å². The first-order valence-corrected chi connectivity index (χ1v) is 10.8. The second-order valence-electron chi connectivity index (χ2n) is 7.05. The van der Waals surface area contributed by atoms with Gasteiger partial charge in [0.05, 0.1) is 35.6 Å². The van der Waals surface area contributed by atoms with Gasteiger partial charge in [0.1, 0.15) is 5.75 Å². The monoisotopic (exact) mass is 395 g/mol. The number of carbonyl (C=O) groups is 2. The van der Waals surface area contributed by atoms with Crippen LogP contribution in [0, 0.1) is 6.92 Å². The smallest absolute Gasteiger partial charge is 0.276 e. The van der Waals surface area contributed by atoms with Crippen LogP contribution in [0.3, 0.4) is 0 Å². The van der Waals surface area contributed by atoms with Crippen LogP contribution in [0.15, 0.2) is 16.5 Å². The molecule has 0 aromatic carbocycles. The normalized spacial score (nSPS) is 28.0. The van der Waals surface area contributed by atoms with Crippen LogP contribution in [-0.4, -0.2) is 69.8 Å². The molecule has 2 saturated heterocycles. The van der Waals surface area contributed by atoms with Crippen LogP contribution in [0.1, 0.15) is 35.9 Å². The SMILES string of the molecule is COc1ccc(C)nc1C(=O)N1CCOC2(CCS(=O)(=NC(C)=O)CC2)C1. The zero-order valence-electron chi connectivity index (χ0n) is 15.9. The lowest BCUT2D eigenvalue weighted by Crippen LogP contribution is -2.56. The number of nitrogens with zero attached hydrogens (tertiary/aromatic N) is 3. The first kappa shape index (κ1) is 19.8. The number of aromatic nitrogens is 1. The summed E-state index contributed by atoms with van der Waals surface area (Å²) in [6, 6.07) is 3.54. The van der Waals surface area contributed by atoms with Crippen LogP contribution < -0.4 is 4.74 Å². The Labute approximate surface area is 159 Å². The van der Waals surface area contributed by atoms with Crippen LogP contribution in [0.25, 0.3) is 0 Å². The molecule has 3 heterocycles. The number of carbonyl (C=O) groups excluding carboxylic acids is 2. The van der Waals surface area contributed by atoms with Gasteiger partial charge in [-0.15, -0.1) is 0 Å². The number of pyridine rings is 1. The lowest BCUT2D eigenvalue weighted by Gasteiger charge is -2.45. The van der Waals surface area contributed by atoms with Gasteiger partial charge in [-0.2, -0.15) is 4.36 Å². The summed E-state index contributed by atoms with van der Waals surface area (Å²) >= 11 is 0. The molecule has 1 spiro atoms. The molecule has 2 aliphatic rings. The van der Waals surface area contributed by atoms with Crippen LogP contribution >= 0.6 is 0 Å². The highest BCUT2D eigenvalue weighted by atomic mass is 32.2. The van der Waals surface area contributed by atoms with Crippen molar-refractivity contribution in [2.24, 2.45) is 4.36 Å². The minimum Gasteiger partial charge on any atom is -0.494 e. The van der Waals surface area contributed by atoms with E-state index in [1.54, 1.807) is 17.0 Å². The van der Waals surface area contributed by atoms with Gasteiger partial charge in [-0.3, -0.25) is 9.59 Å². The Morgan fingerprint density at radius 1 is 1.33 bits per heavy atom. The molecular formula is C18H25N3O5S. The average Bonchev–Trinajstić information content (AvgIpc) is 2.64. The molecule has 148 valence electrons. The van der Waals surface area contributed by atoms with Gasteiger partial charge in [-0.25, -0.2) is 9.19 Å². The molecule has 0 aliphatic carbocycles. The number of rotatable bonds is 2. The zero-order valence-corrected chi connectivity index (χ0v) is 16.7. The van der Waals surface area contributed by atoms with E-state index in [0.29, 0.717) is 55.5 Å². The first-order valence-electron chi connectivity index (χ1n) is 8.94. The van der Waals surface area contributed by atoms with Crippen molar-refractivity contribution in [3.05, 3.63) is 23.5 Å². The minimum absolute atomic E-state index is 0.196. The van der Waals surface area contributed by atoms with Crippen molar-refractivity contribution < 1.29 is 23.3 Å². The molecule has 9 heteroatoms. The fourth-order valence-electron chi connectivity index (χ4n) is 3.58. The van der Waals surface area contributed by atoms with Crippen molar-refractivity contribution in [2.75, 3.05) is 38.3 Å². The third kappa shape index (κ3) is 4.30. The molecule has 0 unspecified atom stereocenters. The molecule has 0 N–H and O–H groups in total. The fraction of sp³-hybridized carbons (Fsp3) is 0.611. The molecule has 0 radical (unpaired) electrons. The maximum Gasteiger partial charge on any atom is 0.276 e. The van der Waals surface area contributed by atoms with E-state index in [9.17, 15) is 13.8 Å². The fourth-order valence-corrected chi connectivity index (χ4v) is 5.81. The highest BCUT2D eigenvalue weighted by Crippen LogP contribution is 2.33. The number of morpholine rings is 1. The van der Waals surface area contributed by atoms with E-state index in [1.165, 1.54) is 14.0 Å². The Morgan fingerprint density at radius 3 is 2.67 bits per heavy atom. The summed E-state index contributed by atoms with van der Waals surface area (Å²) in [5.41, 5.74) is 0.490. The Bertz CT molecular complexity index is 862. The molecule has 0 bridgehead atoms. The van der Waals surface area contributed by atoms with E-state index >= 15 is 0 Å². The van der Waals surface area contributed by atoms with E-state index < -0.39 is 21.2 Å². The van der Waals surface area contributed by atoms with Gasteiger partial charge in [0, 0.05) is 30.7 Å². The quantitative estimate of drug-likeness (QED) is 0.751. The topological polar surface area (TPSA) is 98.2 Å². The summed E-state index contributed by atoms with van der Waals surface area (Å²) in [6.45, 7) is 4.42. The van der Waals surface area contributed by atoms with Crippen molar-refractivity contribution in [2.45, 2.75) is 32.3 Å². The molecule has 2 fully saturated rings. The number of hydrogen-bond acceptors (Lipinski definition) is 6. The van der Waals surface area contributed by atoms with Crippen molar-refractivity contribution in [1.29, 1.82) is 0 Å². The number of ether oxygens (including phenoxy) is 2. The van der Waals surface area contributed by atoms with E-state index in [0.717, 1.165) is 5.69 Å². The van der Waals surface area contributed by atoms with Crippen molar-refractivity contribution >= 4 is 21.5 Å². The maximum absolute atomic E-state index is 13.0. The first-order chi connectivity index (χ1) is 12.8. The molecule has 1 aromatic heterocycles. The van der Waals surface area contributed by atoms with Gasteiger partial charge in [0.2, 0.25) is 0 Å². The number of hydrogen-bond donors (Lipinski definition) is 0. The third-order valence-corrected chi connectivity index (χ3v) is 7.28. The van der Waals surface area contributed by atoms with Crippen molar-refractivity contribution in [1.82, 2.24) is 9.88 Å². The van der Waals surface area contributed by atoms with E-state index in [2.05, 4.69) is 9.35 Å². The molecule has 2 amide bonds. The largest absolute Gasteiger partial charge is 0.494 e. The lowest BCUT2D eigenvalue weighted by molar-refractivity contribution is -0.115. The standard InChI is InChI=1S/C18H25N3O5S/c1-13-4-5-15(25-3)16(19-13)17(23)21-8-9-26-18(12-21)6-10-27(24,11-7-18)20-14(2)22/h4-5H,6-12H2,1-3H3. The molecule has 3 rings (SSSR count). The van der Waals surface area contributed by atoms with Gasteiger partial charge < -0.3 is 14.4 Å². The zero-order chi connectivity index (χ0) is 19.7. The number of methoxy groups -OCH3 is 1. The Kier molecular flexibility index (Phi) is 5.53. The lowest BCUT2D eigenvalue weighted by atomic mass is 9.94. The molecule has 0 saturated carbocycles. The Hall–Kier alpha value is -2.00. The van der Waals surface area contributed by atoms with Gasteiger partial charge in [-0.05, 0) is 31.9 Å². The Balaban J connectivity index is 1.77. The summed E-state index contributed by atoms with van der Waals surface area (Å²) in [6.07, 6.45) is 1.01. The van der Waals surface area contributed by atoms with Crippen molar-refractivity contribution in [3.63, 3.8) is 0 Å². The predicted molar refractivity (Wildman–Crippen MR) is 100 cm³/mol. The molecular weight excluding hydrogens is 370 g/mol. The number of amides is 2. The summed E-state index contributed by atoms with van der Waals surface area (Å²) in [5, 5.41) is 0. The van der Waals surface area contributed by atoms with Gasteiger partial charge in [0.25, 0.3) is 11.8 Å². The second-order valence-corrected chi connectivity index (χ2v) is 9.60. The molecule has 1 aromatic rings. The maximum atomic E-state index is 13.0. The van der Waals surface area contributed by atoms with Crippen LogP contribution in [0.4, 0.5) is 0 Å². The van der Waals surface area contributed by atoms with E-state index in [-0.39, 0.29) is 5.91 Å². The predicted octanol–water partition coefficient (Wildman–Crippen LogP) is 1.42. The van der Waals surface area contributed by atoms with Gasteiger partial charge in [0.15, 0.2) is 5.69 Å². The average molecular weight is 395 g/mol. The van der Waals surface area contributed by atoms with Crippen LogP contribution in [0.5, 0.6) is 5.75 Å². The second kappa shape index (κ2) is 7.55. The minimum atomic E-state index is -2.51. The summed E-state index contributed by atoms with van der Waals surface area (Å²) in [4.78, 5) is 30.3. The van der Waals surface area contributed by atoms with Crippen molar-refractivity contribution in [3.8, 4) is 5.75 Å². The number of aryl methyl sites for hydroxylation is 1. The third-order valence-electron chi connectivity index (χ3n) is 5.00. The van der Waals surface area contributed by atoms with Gasteiger partial charge >= 0.3 is 0 Å². The summed E-state index contributed by atoms with van der Waals surface area (Å²) < 4.78 is 27.7. The van der Waals surface area contributed by atoms with E-state index in [4.69, 9.17) is 9.47 Å². The van der Waals surface area contributed by atoms with Gasteiger partial charge in [-0.1, -0.05) is 0 Å². The van der Waals surface area contributed by atoms with E-state index in [1.807, 2.05) is 6.92 Å². The highest BCUT2D eigenvalue weighted by molar-refractivity contribution is 7.93. The molecule has 27 heavy (non-hydrogen) atoms. The molecule has 8 nitrogen and oxygen atoms in total. The summed E-state index contributed by atoms with van der Waals surface area (Å²) in [5.74, 6) is 0.451. The van der Waals surface area contributed by atoms with Crippen LogP contribution in [-0.2, 0) is 19.3 Å². The highest BCUT2D eigenvalue weighted by Gasteiger charge is 2.43. The molecule has 0 atom stereocenters. The molecule has 2 aliphatic heterocycles. The Morgan fingerprint density at radius 2 is 2.04 bits per heavy atom.